The van der Waals surface area contributed by atoms with Crippen LogP contribution in [0, 0.1) is 12.8 Å². The fraction of sp³-hybridized carbons (Fsp3) is 0.800. The van der Waals surface area contributed by atoms with Crippen molar-refractivity contribution in [3.63, 3.8) is 0 Å². The zero-order valence-corrected chi connectivity index (χ0v) is 4.72. The van der Waals surface area contributed by atoms with Crippen LogP contribution in [0.2, 0.25) is 0 Å². The Morgan fingerprint density at radius 2 is 2.00 bits per heavy atom. The van der Waals surface area contributed by atoms with E-state index in [1.807, 2.05) is 6.92 Å². The molecule has 0 spiro atoms. The molecule has 0 aromatic heterocycles. The van der Waals surface area contributed by atoms with E-state index in [1.54, 1.807) is 0 Å². The third-order valence-electron chi connectivity index (χ3n) is 0.675. The summed E-state index contributed by atoms with van der Waals surface area (Å²) < 4.78 is 0. The zero-order chi connectivity index (χ0) is 5.86. The van der Waals surface area contributed by atoms with Crippen LogP contribution in [-0.4, -0.2) is 6.17 Å². The average Bonchev–Trinajstić information content (AvgIpc) is 1.27. The van der Waals surface area contributed by atoms with Crippen LogP contribution >= 0.6 is 0 Å². The quantitative estimate of drug-likeness (QED) is 0.484. The minimum atomic E-state index is -0.188. The van der Waals surface area contributed by atoms with Crippen LogP contribution in [0.3, 0.4) is 0 Å². The Balaban J connectivity index is 2.95. The summed E-state index contributed by atoms with van der Waals surface area (Å²) in [4.78, 5) is 0. The molecule has 0 rings (SSSR count). The van der Waals surface area contributed by atoms with Crippen LogP contribution in [-0.2, 0) is 0 Å². The van der Waals surface area contributed by atoms with Gasteiger partial charge in [-0.2, -0.15) is 0 Å². The second-order valence-electron chi connectivity index (χ2n) is 2.00. The Labute approximate surface area is 44.9 Å². The van der Waals surface area contributed by atoms with Gasteiger partial charge in [-0.05, 0) is 12.3 Å². The maximum absolute atomic E-state index is 5.23. The summed E-state index contributed by atoms with van der Waals surface area (Å²) in [7, 11) is 0. The first-order valence-electron chi connectivity index (χ1n) is 2.47. The van der Waals surface area contributed by atoms with Gasteiger partial charge in [0, 0.05) is 0 Å². The predicted molar refractivity (Wildman–Crippen MR) is 31.3 cm³/mol. The molecule has 0 bridgehead atoms. The lowest BCUT2D eigenvalue weighted by molar-refractivity contribution is 0.543. The summed E-state index contributed by atoms with van der Waals surface area (Å²) in [6.07, 6.45) is 0.618. The highest BCUT2D eigenvalue weighted by atomic mass is 14.8. The van der Waals surface area contributed by atoms with E-state index in [0.717, 1.165) is 6.42 Å². The molecular weight excluding hydrogens is 88.1 g/mol. The minimum absolute atomic E-state index is 0.188. The molecule has 0 aliphatic heterocycles. The molecule has 7 heavy (non-hydrogen) atoms. The van der Waals surface area contributed by atoms with Crippen molar-refractivity contribution in [3.8, 4) is 0 Å². The Morgan fingerprint density at radius 3 is 2.00 bits per heavy atom. The van der Waals surface area contributed by atoms with Gasteiger partial charge in [0.1, 0.15) is 0 Å². The zero-order valence-electron chi connectivity index (χ0n) is 4.72. The molecule has 0 aromatic carbocycles. The van der Waals surface area contributed by atoms with Gasteiger partial charge in [-0.3, -0.25) is 0 Å². The third kappa shape index (κ3) is 5.92. The summed E-state index contributed by atoms with van der Waals surface area (Å²) in [6.45, 7) is 5.71. The minimum Gasteiger partial charge on any atom is -0.316 e. The molecule has 1 radical (unpaired) electrons. The Hall–Kier alpha value is -0.0800. The van der Waals surface area contributed by atoms with Crippen LogP contribution in [0.1, 0.15) is 13.3 Å². The highest BCUT2D eigenvalue weighted by molar-refractivity contribution is 4.59. The summed E-state index contributed by atoms with van der Waals surface area (Å²) in [5, 5.41) is 0. The van der Waals surface area contributed by atoms with E-state index in [0.29, 0.717) is 5.92 Å². The van der Waals surface area contributed by atoms with Crippen molar-refractivity contribution < 1.29 is 0 Å². The van der Waals surface area contributed by atoms with E-state index < -0.39 is 0 Å². The van der Waals surface area contributed by atoms with Gasteiger partial charge in [0.2, 0.25) is 0 Å². The first-order valence-corrected chi connectivity index (χ1v) is 2.47. The lowest BCUT2D eigenvalue weighted by atomic mass is 10.1. The fourth-order valence-corrected chi connectivity index (χ4v) is 0.465. The van der Waals surface area contributed by atoms with Gasteiger partial charge in [0.15, 0.2) is 0 Å². The van der Waals surface area contributed by atoms with Gasteiger partial charge >= 0.3 is 0 Å². The first-order chi connectivity index (χ1) is 3.13. The molecule has 1 atom stereocenters. The highest BCUT2D eigenvalue weighted by Crippen LogP contribution is 1.96. The normalized spacial score (nSPS) is 11.1. The lowest BCUT2D eigenvalue weighted by Gasteiger charge is -2.05. The molecule has 0 amide bonds. The lowest BCUT2D eigenvalue weighted by Crippen LogP contribution is -2.31. The average molecular weight is 101 g/mol. The van der Waals surface area contributed by atoms with Crippen molar-refractivity contribution in [1.29, 1.82) is 0 Å². The monoisotopic (exact) mass is 101 g/mol. The van der Waals surface area contributed by atoms with Gasteiger partial charge in [0.25, 0.3) is 0 Å². The topological polar surface area (TPSA) is 52.0 Å². The van der Waals surface area contributed by atoms with E-state index in [-0.39, 0.29) is 6.17 Å². The number of hydrogen-bond acceptors (Lipinski definition) is 2. The standard InChI is InChI=1S/C5H13N2/c1-4(2)3-5(6)7/h4-5H,1,3,6-7H2,2H3. The van der Waals surface area contributed by atoms with Gasteiger partial charge in [-0.1, -0.05) is 13.8 Å². The summed E-state index contributed by atoms with van der Waals surface area (Å²) in [6, 6.07) is 0. The molecule has 0 aromatic rings. The van der Waals surface area contributed by atoms with E-state index >= 15 is 0 Å². The molecule has 43 valence electrons. The smallest absolute Gasteiger partial charge is 0.0523 e. The third-order valence-corrected chi connectivity index (χ3v) is 0.675. The molecular formula is C5H13N2. The van der Waals surface area contributed by atoms with Crippen LogP contribution in [0.4, 0.5) is 0 Å². The molecule has 2 nitrogen and oxygen atoms in total. The highest BCUT2D eigenvalue weighted by Gasteiger charge is 1.96. The van der Waals surface area contributed by atoms with Crippen molar-refractivity contribution in [3.05, 3.63) is 6.92 Å². The Kier molecular flexibility index (Phi) is 2.96. The largest absolute Gasteiger partial charge is 0.316 e. The van der Waals surface area contributed by atoms with Crippen molar-refractivity contribution in [2.24, 2.45) is 17.4 Å². The number of hydrogen-bond donors (Lipinski definition) is 2. The van der Waals surface area contributed by atoms with E-state index in [9.17, 15) is 0 Å². The molecule has 0 fully saturated rings. The van der Waals surface area contributed by atoms with Crippen molar-refractivity contribution >= 4 is 0 Å². The van der Waals surface area contributed by atoms with Crippen LogP contribution in [0.5, 0.6) is 0 Å². The molecule has 0 aliphatic rings. The van der Waals surface area contributed by atoms with E-state index in [2.05, 4.69) is 6.92 Å². The van der Waals surface area contributed by atoms with Crippen molar-refractivity contribution in [2.45, 2.75) is 19.5 Å². The van der Waals surface area contributed by atoms with E-state index in [1.165, 1.54) is 0 Å². The van der Waals surface area contributed by atoms with Gasteiger partial charge < -0.3 is 11.5 Å². The van der Waals surface area contributed by atoms with Crippen molar-refractivity contribution in [1.82, 2.24) is 0 Å². The second kappa shape index (κ2) is 2.99. The molecule has 0 heterocycles. The fourth-order valence-electron chi connectivity index (χ4n) is 0.465. The molecule has 1 unspecified atom stereocenters. The summed E-state index contributed by atoms with van der Waals surface area (Å²) in [5.41, 5.74) is 10.5. The summed E-state index contributed by atoms with van der Waals surface area (Å²) in [5.74, 6) is 0.375. The van der Waals surface area contributed by atoms with Gasteiger partial charge in [-0.15, -0.1) is 0 Å². The second-order valence-corrected chi connectivity index (χ2v) is 2.00. The first kappa shape index (κ1) is 6.92. The maximum atomic E-state index is 5.23. The molecule has 4 N–H and O–H groups in total. The van der Waals surface area contributed by atoms with E-state index in [4.69, 9.17) is 11.5 Å². The van der Waals surface area contributed by atoms with Gasteiger partial charge in [-0.25, -0.2) is 0 Å². The number of nitrogens with two attached hydrogens (primary N) is 2. The SMILES string of the molecule is [CH2]C(C)CC(N)N. The number of rotatable bonds is 2. The molecule has 0 saturated heterocycles. The van der Waals surface area contributed by atoms with Gasteiger partial charge in [0.05, 0.1) is 6.17 Å². The molecule has 2 heteroatoms. The Morgan fingerprint density at radius 1 is 1.57 bits per heavy atom. The van der Waals surface area contributed by atoms with Crippen LogP contribution in [0.15, 0.2) is 0 Å². The summed E-state index contributed by atoms with van der Waals surface area (Å²) >= 11 is 0. The predicted octanol–water partition coefficient (Wildman–Crippen LogP) is 0.0902. The molecule has 0 aliphatic carbocycles. The van der Waals surface area contributed by atoms with Crippen LogP contribution < -0.4 is 11.5 Å². The van der Waals surface area contributed by atoms with Crippen LogP contribution in [0.25, 0.3) is 0 Å². The molecule has 0 saturated carbocycles. The van der Waals surface area contributed by atoms with Crippen molar-refractivity contribution in [2.75, 3.05) is 0 Å². The Bertz CT molecular complexity index is 35.3. The maximum Gasteiger partial charge on any atom is 0.0523 e.